The van der Waals surface area contributed by atoms with Gasteiger partial charge in [0.1, 0.15) is 5.69 Å². The topological polar surface area (TPSA) is 70.5 Å². The van der Waals surface area contributed by atoms with Crippen LogP contribution in [0.15, 0.2) is 30.0 Å². The van der Waals surface area contributed by atoms with Crippen molar-refractivity contribution in [3.8, 4) is 0 Å². The molecule has 0 bridgehead atoms. The lowest BCUT2D eigenvalue weighted by Crippen LogP contribution is -2.40. The van der Waals surface area contributed by atoms with E-state index in [4.69, 9.17) is 0 Å². The van der Waals surface area contributed by atoms with Crippen molar-refractivity contribution in [3.05, 3.63) is 40.6 Å². The highest BCUT2D eigenvalue weighted by molar-refractivity contribution is 7.09. The highest BCUT2D eigenvalue weighted by atomic mass is 32.1. The zero-order chi connectivity index (χ0) is 17.6. The van der Waals surface area contributed by atoms with Gasteiger partial charge in [0.2, 0.25) is 5.91 Å². The molecule has 3 heterocycles. The first kappa shape index (κ1) is 17.6. The smallest absolute Gasteiger partial charge is 0.272 e. The second kappa shape index (κ2) is 8.26. The van der Waals surface area contributed by atoms with E-state index in [1.807, 2.05) is 29.5 Å². The number of nitrogens with zero attached hydrogens (tertiary/aromatic N) is 4. The van der Waals surface area contributed by atoms with Crippen molar-refractivity contribution < 1.29 is 9.59 Å². The van der Waals surface area contributed by atoms with Gasteiger partial charge in [0.05, 0.1) is 25.6 Å². The van der Waals surface area contributed by atoms with Gasteiger partial charge in [-0.2, -0.15) is 0 Å². The van der Waals surface area contributed by atoms with Gasteiger partial charge in [-0.3, -0.25) is 14.5 Å². The molecule has 0 aromatic carbocycles. The Kier molecular flexibility index (Phi) is 5.83. The number of carbonyl (C=O) groups is 2. The van der Waals surface area contributed by atoms with Crippen molar-refractivity contribution in [3.63, 3.8) is 0 Å². The van der Waals surface area contributed by atoms with Gasteiger partial charge in [-0.15, -0.1) is 11.3 Å². The molecule has 0 spiro atoms. The van der Waals surface area contributed by atoms with Crippen LogP contribution >= 0.6 is 11.3 Å². The van der Waals surface area contributed by atoms with E-state index in [9.17, 15) is 9.59 Å². The monoisotopic (exact) mass is 361 g/mol. The van der Waals surface area contributed by atoms with Crippen LogP contribution in [0.25, 0.3) is 0 Å². The molecule has 8 heteroatoms. The predicted octanol–water partition coefficient (Wildman–Crippen LogP) is 0.946. The number of hydrogen-bond donors (Lipinski definition) is 1. The molecule has 3 rings (SSSR count). The van der Waals surface area contributed by atoms with E-state index in [0.717, 1.165) is 17.8 Å². The summed E-state index contributed by atoms with van der Waals surface area (Å²) in [5, 5.41) is 4.96. The lowest BCUT2D eigenvalue weighted by Gasteiger charge is -2.21. The molecule has 25 heavy (non-hydrogen) atoms. The number of aryl methyl sites for hydroxylation is 1. The lowest BCUT2D eigenvalue weighted by atomic mass is 10.3. The van der Waals surface area contributed by atoms with Gasteiger partial charge in [-0.25, -0.2) is 4.98 Å². The molecule has 0 radical (unpaired) electrons. The fourth-order valence-corrected chi connectivity index (χ4v) is 3.56. The van der Waals surface area contributed by atoms with Gasteiger partial charge in [0.25, 0.3) is 5.91 Å². The minimum atomic E-state index is 0.00370. The predicted molar refractivity (Wildman–Crippen MR) is 96.3 cm³/mol. The second-order valence-electron chi connectivity index (χ2n) is 6.17. The summed E-state index contributed by atoms with van der Waals surface area (Å²) in [6, 6.07) is 3.99. The van der Waals surface area contributed by atoms with Crippen LogP contribution in [-0.4, -0.2) is 63.9 Å². The Bertz CT molecular complexity index is 712. The normalized spacial score (nSPS) is 15.8. The molecule has 1 aliphatic heterocycles. The van der Waals surface area contributed by atoms with Crippen LogP contribution in [0.5, 0.6) is 0 Å². The number of hydrogen-bond acceptors (Lipinski definition) is 5. The summed E-state index contributed by atoms with van der Waals surface area (Å²) in [7, 11) is 1.82. The Hall–Kier alpha value is -2.19. The van der Waals surface area contributed by atoms with Crippen LogP contribution in [0.4, 0.5) is 0 Å². The average molecular weight is 361 g/mol. The third kappa shape index (κ3) is 4.67. The highest BCUT2D eigenvalue weighted by Gasteiger charge is 2.22. The summed E-state index contributed by atoms with van der Waals surface area (Å²) in [6.07, 6.45) is 4.10. The zero-order valence-corrected chi connectivity index (χ0v) is 15.2. The van der Waals surface area contributed by atoms with Crippen molar-refractivity contribution in [2.75, 3.05) is 32.7 Å². The van der Waals surface area contributed by atoms with Crippen molar-refractivity contribution >= 4 is 23.2 Å². The average Bonchev–Trinajstić information content (AvgIpc) is 3.21. The Morgan fingerprint density at radius 2 is 2.16 bits per heavy atom. The number of thiophene rings is 1. The van der Waals surface area contributed by atoms with Crippen LogP contribution < -0.4 is 5.32 Å². The molecule has 0 saturated carbocycles. The first-order chi connectivity index (χ1) is 12.1. The van der Waals surface area contributed by atoms with Gasteiger partial charge in [0, 0.05) is 38.1 Å². The van der Waals surface area contributed by atoms with Crippen LogP contribution in [-0.2, 0) is 18.4 Å². The van der Waals surface area contributed by atoms with E-state index in [-0.39, 0.29) is 11.8 Å². The Balaban J connectivity index is 1.47. The molecule has 2 aromatic rings. The molecule has 7 nitrogen and oxygen atoms in total. The SMILES string of the molecule is Cn1cncc1C(=O)N1CCCN(CC(=O)NCc2cccs2)CC1. The Labute approximate surface area is 151 Å². The van der Waals surface area contributed by atoms with Gasteiger partial charge in [-0.1, -0.05) is 6.07 Å². The minimum Gasteiger partial charge on any atom is -0.350 e. The molecule has 0 aliphatic carbocycles. The van der Waals surface area contributed by atoms with E-state index < -0.39 is 0 Å². The van der Waals surface area contributed by atoms with Crippen LogP contribution in [0, 0.1) is 0 Å². The summed E-state index contributed by atoms with van der Waals surface area (Å²) in [5.74, 6) is 0.0313. The highest BCUT2D eigenvalue weighted by Crippen LogP contribution is 2.09. The molecular weight excluding hydrogens is 338 g/mol. The third-order valence-electron chi connectivity index (χ3n) is 4.32. The zero-order valence-electron chi connectivity index (χ0n) is 14.4. The molecule has 0 unspecified atom stereocenters. The molecule has 1 saturated heterocycles. The molecule has 134 valence electrons. The maximum Gasteiger partial charge on any atom is 0.272 e. The van der Waals surface area contributed by atoms with Crippen molar-refractivity contribution in [1.82, 2.24) is 24.7 Å². The van der Waals surface area contributed by atoms with Gasteiger partial charge in [-0.05, 0) is 17.9 Å². The first-order valence-corrected chi connectivity index (χ1v) is 9.28. The first-order valence-electron chi connectivity index (χ1n) is 8.40. The number of nitrogens with one attached hydrogen (secondary N) is 1. The molecule has 2 amide bonds. The molecule has 1 aliphatic rings. The Morgan fingerprint density at radius 3 is 2.88 bits per heavy atom. The number of aromatic nitrogens is 2. The quantitative estimate of drug-likeness (QED) is 0.861. The number of rotatable bonds is 5. The minimum absolute atomic E-state index is 0.00370. The fourth-order valence-electron chi connectivity index (χ4n) is 2.92. The molecule has 1 fully saturated rings. The number of imidazole rings is 1. The Morgan fingerprint density at radius 1 is 1.28 bits per heavy atom. The molecule has 1 N–H and O–H groups in total. The molecule has 0 atom stereocenters. The van der Waals surface area contributed by atoms with Crippen molar-refractivity contribution in [2.45, 2.75) is 13.0 Å². The summed E-state index contributed by atoms with van der Waals surface area (Å²) in [5.41, 5.74) is 0.599. The fraction of sp³-hybridized carbons (Fsp3) is 0.471. The van der Waals surface area contributed by atoms with E-state index >= 15 is 0 Å². The van der Waals surface area contributed by atoms with Gasteiger partial charge < -0.3 is 14.8 Å². The summed E-state index contributed by atoms with van der Waals surface area (Å²) < 4.78 is 1.74. The van der Waals surface area contributed by atoms with E-state index in [0.29, 0.717) is 38.4 Å². The van der Waals surface area contributed by atoms with E-state index in [1.165, 1.54) is 0 Å². The maximum absolute atomic E-state index is 12.6. The molecule has 2 aromatic heterocycles. The van der Waals surface area contributed by atoms with Gasteiger partial charge >= 0.3 is 0 Å². The van der Waals surface area contributed by atoms with Crippen molar-refractivity contribution in [2.24, 2.45) is 7.05 Å². The van der Waals surface area contributed by atoms with Crippen LogP contribution in [0.2, 0.25) is 0 Å². The standard InChI is InChI=1S/C17H23N5O2S/c1-20-13-18-11-15(20)17(24)22-6-3-5-21(7-8-22)12-16(23)19-10-14-4-2-9-25-14/h2,4,9,11,13H,3,5-8,10,12H2,1H3,(H,19,23). The number of amides is 2. The lowest BCUT2D eigenvalue weighted by molar-refractivity contribution is -0.122. The summed E-state index contributed by atoms with van der Waals surface area (Å²) in [4.78, 5) is 33.8. The second-order valence-corrected chi connectivity index (χ2v) is 7.20. The molecular formula is C17H23N5O2S. The number of carbonyl (C=O) groups excluding carboxylic acids is 2. The van der Waals surface area contributed by atoms with Crippen LogP contribution in [0.1, 0.15) is 21.8 Å². The maximum atomic E-state index is 12.6. The third-order valence-corrected chi connectivity index (χ3v) is 5.20. The van der Waals surface area contributed by atoms with E-state index in [1.54, 1.807) is 28.4 Å². The van der Waals surface area contributed by atoms with E-state index in [2.05, 4.69) is 15.2 Å². The summed E-state index contributed by atoms with van der Waals surface area (Å²) in [6.45, 7) is 3.81. The largest absolute Gasteiger partial charge is 0.350 e. The van der Waals surface area contributed by atoms with Crippen molar-refractivity contribution in [1.29, 1.82) is 0 Å². The van der Waals surface area contributed by atoms with Crippen LogP contribution in [0.3, 0.4) is 0 Å². The summed E-state index contributed by atoms with van der Waals surface area (Å²) >= 11 is 1.64. The van der Waals surface area contributed by atoms with Gasteiger partial charge in [0.15, 0.2) is 0 Å².